The number of aryl methyl sites for hydroxylation is 2. The highest BCUT2D eigenvalue weighted by Crippen LogP contribution is 2.17. The Balaban J connectivity index is 1.58. The first kappa shape index (κ1) is 17.8. The van der Waals surface area contributed by atoms with Crippen LogP contribution in [0.25, 0.3) is 22.1 Å². The predicted octanol–water partition coefficient (Wildman–Crippen LogP) is 4.42. The second-order valence-corrected chi connectivity index (χ2v) is 7.95. The van der Waals surface area contributed by atoms with Gasteiger partial charge in [-0.05, 0) is 52.0 Å². The van der Waals surface area contributed by atoms with Gasteiger partial charge in [0, 0.05) is 6.42 Å². The van der Waals surface area contributed by atoms with E-state index in [0.717, 1.165) is 19.5 Å². The molecule has 27 heavy (non-hydrogen) atoms. The van der Waals surface area contributed by atoms with Gasteiger partial charge in [0.2, 0.25) is 12.7 Å². The normalized spacial score (nSPS) is 12.1. The van der Waals surface area contributed by atoms with Crippen molar-refractivity contribution in [3.63, 3.8) is 0 Å². The Kier molecular flexibility index (Phi) is 4.73. The minimum absolute atomic E-state index is 0.467. The molecule has 0 fully saturated rings. The van der Waals surface area contributed by atoms with Gasteiger partial charge in [0.15, 0.2) is 22.1 Å². The van der Waals surface area contributed by atoms with Crippen LogP contribution in [0.2, 0.25) is 0 Å². The van der Waals surface area contributed by atoms with Gasteiger partial charge in [-0.15, -0.1) is 0 Å². The summed E-state index contributed by atoms with van der Waals surface area (Å²) in [6, 6.07) is 18.4. The van der Waals surface area contributed by atoms with Gasteiger partial charge in [-0.25, -0.2) is 18.3 Å². The van der Waals surface area contributed by atoms with Crippen molar-refractivity contribution in [1.29, 1.82) is 0 Å². The topological polar surface area (TPSA) is 17.6 Å². The molecule has 4 rings (SSSR count). The molecule has 0 unspecified atom stereocenters. The Hall–Kier alpha value is -2.62. The lowest BCUT2D eigenvalue weighted by atomic mass is 10.3. The second-order valence-electron chi connectivity index (χ2n) is 7.95. The summed E-state index contributed by atoms with van der Waals surface area (Å²) >= 11 is 0. The SMILES string of the molecule is CC(C)n1c[n+](CCC[n+]2cn(C(C)C)c3ccccc32)c2ccccc21. The van der Waals surface area contributed by atoms with E-state index >= 15 is 0 Å². The lowest BCUT2D eigenvalue weighted by molar-refractivity contribution is -0.703. The summed E-state index contributed by atoms with van der Waals surface area (Å²) in [5.41, 5.74) is 5.27. The molecular weight excluding hydrogens is 332 g/mol. The van der Waals surface area contributed by atoms with Crippen molar-refractivity contribution in [3.8, 4) is 0 Å². The van der Waals surface area contributed by atoms with Gasteiger partial charge in [0.25, 0.3) is 0 Å². The molecule has 0 saturated carbocycles. The van der Waals surface area contributed by atoms with E-state index in [0.29, 0.717) is 12.1 Å². The molecule has 0 N–H and O–H groups in total. The number of imidazole rings is 2. The molecule has 0 aliphatic rings. The first-order valence-electron chi connectivity index (χ1n) is 10.0. The molecule has 4 nitrogen and oxygen atoms in total. The van der Waals surface area contributed by atoms with Gasteiger partial charge in [-0.2, -0.15) is 0 Å². The molecule has 0 saturated heterocycles. The first-order chi connectivity index (χ1) is 13.1. The van der Waals surface area contributed by atoms with Crippen LogP contribution in [0.15, 0.2) is 61.2 Å². The molecule has 0 amide bonds. The summed E-state index contributed by atoms with van der Waals surface area (Å²) in [6.07, 6.45) is 5.66. The molecule has 0 spiro atoms. The van der Waals surface area contributed by atoms with Gasteiger partial charge >= 0.3 is 0 Å². The number of hydrogen-bond donors (Lipinski definition) is 0. The number of para-hydroxylation sites is 4. The van der Waals surface area contributed by atoms with Crippen LogP contribution in [0, 0.1) is 0 Å². The van der Waals surface area contributed by atoms with E-state index in [1.165, 1.54) is 22.1 Å². The molecule has 2 heterocycles. The number of benzene rings is 2. The molecule has 2 aromatic carbocycles. The quantitative estimate of drug-likeness (QED) is 0.452. The molecule has 140 valence electrons. The highest BCUT2D eigenvalue weighted by Gasteiger charge is 2.19. The Morgan fingerprint density at radius 3 is 1.48 bits per heavy atom. The van der Waals surface area contributed by atoms with E-state index < -0.39 is 0 Å². The zero-order chi connectivity index (χ0) is 19.0. The number of nitrogens with zero attached hydrogens (tertiary/aromatic N) is 4. The van der Waals surface area contributed by atoms with Crippen LogP contribution in [0.5, 0.6) is 0 Å². The maximum Gasteiger partial charge on any atom is 0.244 e. The van der Waals surface area contributed by atoms with Crippen LogP contribution in [-0.2, 0) is 13.1 Å². The van der Waals surface area contributed by atoms with E-state index in [4.69, 9.17) is 0 Å². The molecule has 0 radical (unpaired) electrons. The van der Waals surface area contributed by atoms with Crippen LogP contribution >= 0.6 is 0 Å². The zero-order valence-electron chi connectivity index (χ0n) is 16.8. The van der Waals surface area contributed by atoms with Crippen LogP contribution in [0.4, 0.5) is 0 Å². The Morgan fingerprint density at radius 2 is 1.07 bits per heavy atom. The third-order valence-electron chi connectivity index (χ3n) is 5.38. The van der Waals surface area contributed by atoms with Gasteiger partial charge in [-0.1, -0.05) is 24.3 Å². The average Bonchev–Trinajstić information content (AvgIpc) is 3.21. The molecule has 4 aromatic rings. The highest BCUT2D eigenvalue weighted by molar-refractivity contribution is 5.72. The number of hydrogen-bond acceptors (Lipinski definition) is 0. The second kappa shape index (κ2) is 7.18. The zero-order valence-corrected chi connectivity index (χ0v) is 16.8. The largest absolute Gasteiger partial charge is 0.244 e. The maximum atomic E-state index is 2.40. The van der Waals surface area contributed by atoms with Crippen molar-refractivity contribution in [2.45, 2.75) is 59.3 Å². The van der Waals surface area contributed by atoms with E-state index in [1.807, 2.05) is 0 Å². The molecule has 4 heteroatoms. The Morgan fingerprint density at radius 1 is 0.667 bits per heavy atom. The van der Waals surface area contributed by atoms with Crippen molar-refractivity contribution >= 4 is 22.1 Å². The standard InChI is InChI=1S/C23H30N4/c1-18(2)26-16-24(20-10-5-7-12-22(20)26)14-9-15-25-17-27(19(3)4)23-13-8-6-11-21(23)25/h5-8,10-13,16-19H,9,14-15H2,1-4H3/q+2. The smallest absolute Gasteiger partial charge is 0.230 e. The van der Waals surface area contributed by atoms with E-state index in [-0.39, 0.29) is 0 Å². The summed E-state index contributed by atoms with van der Waals surface area (Å²) < 4.78 is 9.54. The van der Waals surface area contributed by atoms with Crippen molar-refractivity contribution < 1.29 is 9.13 Å². The van der Waals surface area contributed by atoms with Crippen LogP contribution in [0.3, 0.4) is 0 Å². The molecular formula is C23H30N4+2. The summed E-state index contributed by atoms with van der Waals surface area (Å²) in [5.74, 6) is 0. The van der Waals surface area contributed by atoms with Crippen molar-refractivity contribution in [2.75, 3.05) is 0 Å². The third-order valence-corrected chi connectivity index (χ3v) is 5.38. The molecule has 0 atom stereocenters. The lowest BCUT2D eigenvalue weighted by Crippen LogP contribution is -2.38. The highest BCUT2D eigenvalue weighted by atomic mass is 15.2. The maximum absolute atomic E-state index is 2.40. The fourth-order valence-corrected chi connectivity index (χ4v) is 3.99. The number of rotatable bonds is 6. The fourth-order valence-electron chi connectivity index (χ4n) is 3.99. The third kappa shape index (κ3) is 3.25. The Labute approximate surface area is 161 Å². The van der Waals surface area contributed by atoms with Gasteiger partial charge in [0.1, 0.15) is 0 Å². The van der Waals surface area contributed by atoms with Crippen molar-refractivity contribution in [1.82, 2.24) is 9.13 Å². The van der Waals surface area contributed by atoms with Crippen LogP contribution in [-0.4, -0.2) is 9.13 Å². The molecule has 2 aromatic heterocycles. The van der Waals surface area contributed by atoms with Gasteiger partial charge < -0.3 is 0 Å². The first-order valence-corrected chi connectivity index (χ1v) is 10.0. The predicted molar refractivity (Wildman–Crippen MR) is 110 cm³/mol. The molecule has 0 aliphatic heterocycles. The molecule has 0 bridgehead atoms. The van der Waals surface area contributed by atoms with Crippen molar-refractivity contribution in [3.05, 3.63) is 61.2 Å². The average molecular weight is 363 g/mol. The van der Waals surface area contributed by atoms with Gasteiger partial charge in [-0.3, -0.25) is 0 Å². The van der Waals surface area contributed by atoms with Gasteiger partial charge in [0.05, 0.1) is 25.2 Å². The summed E-state index contributed by atoms with van der Waals surface area (Å²) in [5, 5.41) is 0. The molecule has 0 aliphatic carbocycles. The monoisotopic (exact) mass is 362 g/mol. The summed E-state index contributed by atoms with van der Waals surface area (Å²) in [7, 11) is 0. The van der Waals surface area contributed by atoms with E-state index in [2.05, 4.69) is 107 Å². The fraction of sp³-hybridized carbons (Fsp3) is 0.391. The number of fused-ring (bicyclic) bond motifs is 2. The minimum atomic E-state index is 0.467. The van der Waals surface area contributed by atoms with Crippen molar-refractivity contribution in [2.24, 2.45) is 0 Å². The number of aromatic nitrogens is 4. The Bertz CT molecular complexity index is 983. The summed E-state index contributed by atoms with van der Waals surface area (Å²) in [6.45, 7) is 11.0. The van der Waals surface area contributed by atoms with E-state index in [9.17, 15) is 0 Å². The van der Waals surface area contributed by atoms with Crippen LogP contribution < -0.4 is 9.13 Å². The lowest BCUT2D eigenvalue weighted by Gasteiger charge is -2.00. The minimum Gasteiger partial charge on any atom is -0.230 e. The summed E-state index contributed by atoms with van der Waals surface area (Å²) in [4.78, 5) is 0. The van der Waals surface area contributed by atoms with Crippen LogP contribution in [0.1, 0.15) is 46.2 Å². The van der Waals surface area contributed by atoms with E-state index in [1.54, 1.807) is 0 Å².